The van der Waals surface area contributed by atoms with Crippen molar-refractivity contribution < 1.29 is 52.5 Å². The van der Waals surface area contributed by atoms with Crippen LogP contribution in [0.15, 0.2) is 41.3 Å². The Morgan fingerprint density at radius 3 is 1.85 bits per heavy atom. The summed E-state index contributed by atoms with van der Waals surface area (Å²) in [6.45, 7) is 0. The minimum atomic E-state index is -7.43. The van der Waals surface area contributed by atoms with Crippen molar-refractivity contribution in [3.63, 3.8) is 0 Å². The molecule has 0 radical (unpaired) electrons. The molecule has 4 fully saturated rings. The molecule has 4 aliphatic rings. The number of alkyl halides is 9. The minimum absolute atomic E-state index is 0.541. The summed E-state index contributed by atoms with van der Waals surface area (Å²) in [5, 5.41) is -4.19. The Kier molecular flexibility index (Phi) is 9.00. The van der Waals surface area contributed by atoms with Gasteiger partial charge in [-0.2, -0.15) is 39.5 Å². The molecule has 3 aliphatic carbocycles. The second-order valence-corrected chi connectivity index (χ2v) is 14.7. The quantitative estimate of drug-likeness (QED) is 0.184. The van der Waals surface area contributed by atoms with Crippen LogP contribution in [0.25, 0.3) is 10.8 Å². The molecule has 1 saturated heterocycles. The molecule has 2 aromatic rings. The van der Waals surface area contributed by atoms with Crippen molar-refractivity contribution >= 4 is 31.8 Å². The van der Waals surface area contributed by atoms with E-state index in [1.54, 1.807) is 10.5 Å². The van der Waals surface area contributed by atoms with Gasteiger partial charge in [-0.3, -0.25) is 0 Å². The molecule has 1 atom stereocenters. The van der Waals surface area contributed by atoms with Crippen LogP contribution in [-0.4, -0.2) is 47.8 Å². The highest BCUT2D eigenvalue weighted by Gasteiger charge is 2.83. The first-order chi connectivity index (χ1) is 18.8. The van der Waals surface area contributed by atoms with E-state index in [2.05, 4.69) is 36.4 Å². The third-order valence-corrected chi connectivity index (χ3v) is 11.7. The van der Waals surface area contributed by atoms with E-state index >= 15 is 0 Å². The summed E-state index contributed by atoms with van der Waals surface area (Å²) in [5.41, 5.74) is 1.58. The number of benzene rings is 2. The predicted molar refractivity (Wildman–Crippen MR) is 136 cm³/mol. The predicted octanol–water partition coefficient (Wildman–Crippen LogP) is 7.94. The molecule has 2 aromatic carbocycles. The summed E-state index contributed by atoms with van der Waals surface area (Å²) < 4.78 is 135. The molecular weight excluding hydrogens is 607 g/mol. The fourth-order valence-electron chi connectivity index (χ4n) is 6.06. The van der Waals surface area contributed by atoms with E-state index in [0.717, 1.165) is 17.8 Å². The van der Waals surface area contributed by atoms with E-state index < -0.39 is 33.4 Å². The Morgan fingerprint density at radius 1 is 0.780 bits per heavy atom. The standard InChI is InChI=1S/C23H29S.C4HF9O3S/c1-2-12-24(11-1)23-10-9-20-14-18(5-8-21(20)16-23)15-22-13-17-3-6-19(22)7-4-17;5-1(6,3(9,10)11)2(7,8)4(12,13)17(14,15)16/h5,8-10,14,16-17,19,22H,1-4,6-7,11-13,15H2;(H,14,15,16)/q+1;/p-1. The highest BCUT2D eigenvalue weighted by Crippen LogP contribution is 2.54. The van der Waals surface area contributed by atoms with Crippen LogP contribution in [0.3, 0.4) is 0 Å². The van der Waals surface area contributed by atoms with E-state index in [9.17, 15) is 52.5 Å². The molecule has 0 amide bonds. The van der Waals surface area contributed by atoms with Crippen molar-refractivity contribution in [2.45, 2.75) is 79.5 Å². The van der Waals surface area contributed by atoms with Gasteiger partial charge < -0.3 is 4.55 Å². The zero-order valence-corrected chi connectivity index (χ0v) is 23.3. The van der Waals surface area contributed by atoms with Gasteiger partial charge in [-0.05, 0) is 84.7 Å². The summed E-state index contributed by atoms with van der Waals surface area (Å²) in [6.07, 6.45) is 4.59. The van der Waals surface area contributed by atoms with Gasteiger partial charge in [-0.1, -0.05) is 31.0 Å². The van der Waals surface area contributed by atoms with Crippen LogP contribution in [0.5, 0.6) is 0 Å². The highest BCUT2D eigenvalue weighted by molar-refractivity contribution is 7.97. The van der Waals surface area contributed by atoms with Crippen LogP contribution in [-0.2, 0) is 27.4 Å². The molecule has 3 nitrogen and oxygen atoms in total. The van der Waals surface area contributed by atoms with Gasteiger partial charge in [0.15, 0.2) is 15.0 Å². The topological polar surface area (TPSA) is 57.2 Å². The van der Waals surface area contributed by atoms with Gasteiger partial charge in [0.1, 0.15) is 11.5 Å². The molecular formula is C27H29F9O3S2. The van der Waals surface area contributed by atoms with Crippen molar-refractivity contribution in [2.75, 3.05) is 11.5 Å². The average Bonchev–Trinajstić information content (AvgIpc) is 3.43. The number of fused-ring (bicyclic) bond motifs is 4. The summed E-state index contributed by atoms with van der Waals surface area (Å²) in [6, 6.07) is 14.6. The van der Waals surface area contributed by atoms with Gasteiger partial charge in [0, 0.05) is 17.0 Å². The maximum absolute atomic E-state index is 12.2. The van der Waals surface area contributed by atoms with E-state index in [-0.39, 0.29) is 0 Å². The number of hydrogen-bond acceptors (Lipinski definition) is 3. The first-order valence-corrected chi connectivity index (χ1v) is 16.2. The molecule has 1 unspecified atom stereocenters. The highest BCUT2D eigenvalue weighted by atomic mass is 32.2. The Bertz CT molecular complexity index is 1330. The van der Waals surface area contributed by atoms with Crippen LogP contribution < -0.4 is 0 Å². The molecule has 3 saturated carbocycles. The average molecular weight is 637 g/mol. The summed E-state index contributed by atoms with van der Waals surface area (Å²) >= 11 is 0. The first-order valence-electron chi connectivity index (χ1n) is 13.2. The van der Waals surface area contributed by atoms with Crippen LogP contribution in [0, 0.1) is 17.8 Å². The first kappa shape index (κ1) is 32.2. The summed E-state index contributed by atoms with van der Waals surface area (Å²) in [7, 11) is -6.88. The SMILES string of the molecule is O=S(=O)([O-])C(F)(F)C(F)(F)C(F)(F)C(F)(F)F.c1cc2cc([S+]3CCCC3)ccc2cc1CC1CC2CCC1CC2. The summed E-state index contributed by atoms with van der Waals surface area (Å²) in [4.78, 5) is 1.61. The van der Waals surface area contributed by atoms with Crippen molar-refractivity contribution in [2.24, 2.45) is 17.8 Å². The van der Waals surface area contributed by atoms with Gasteiger partial charge in [-0.25, -0.2) is 8.42 Å². The Balaban J connectivity index is 0.000000204. The van der Waals surface area contributed by atoms with Gasteiger partial charge in [0.05, 0.1) is 0 Å². The van der Waals surface area contributed by atoms with Crippen LogP contribution >= 0.6 is 0 Å². The molecule has 230 valence electrons. The lowest BCUT2D eigenvalue weighted by molar-refractivity contribution is -0.382. The molecule has 1 aliphatic heterocycles. The van der Waals surface area contributed by atoms with E-state index in [1.807, 2.05) is 0 Å². The lowest BCUT2D eigenvalue weighted by Gasteiger charge is -2.42. The molecule has 2 bridgehead atoms. The third-order valence-electron chi connectivity index (χ3n) is 8.36. The van der Waals surface area contributed by atoms with Crippen LogP contribution in [0.4, 0.5) is 39.5 Å². The fourth-order valence-corrected chi connectivity index (χ4v) is 8.83. The van der Waals surface area contributed by atoms with E-state index in [1.165, 1.54) is 73.6 Å². The van der Waals surface area contributed by atoms with Crippen molar-refractivity contribution in [1.82, 2.24) is 0 Å². The normalized spacial score (nSPS) is 24.4. The van der Waals surface area contributed by atoms with Crippen molar-refractivity contribution in [3.05, 3.63) is 42.0 Å². The largest absolute Gasteiger partial charge is 0.743 e. The summed E-state index contributed by atoms with van der Waals surface area (Å²) in [5.74, 6) is -8.93. The maximum atomic E-state index is 12.2. The van der Waals surface area contributed by atoms with Gasteiger partial charge in [0.2, 0.25) is 0 Å². The number of rotatable bonds is 6. The lowest BCUT2D eigenvalue weighted by atomic mass is 9.63. The zero-order valence-electron chi connectivity index (χ0n) is 21.7. The number of halogens is 9. The fraction of sp³-hybridized carbons (Fsp3) is 0.630. The van der Waals surface area contributed by atoms with Crippen molar-refractivity contribution in [1.29, 1.82) is 0 Å². The monoisotopic (exact) mass is 636 g/mol. The van der Waals surface area contributed by atoms with Gasteiger partial charge >= 0.3 is 23.3 Å². The van der Waals surface area contributed by atoms with E-state index in [0.29, 0.717) is 10.9 Å². The Morgan fingerprint density at radius 2 is 1.34 bits per heavy atom. The molecule has 41 heavy (non-hydrogen) atoms. The third kappa shape index (κ3) is 6.34. The zero-order chi connectivity index (χ0) is 30.4. The minimum Gasteiger partial charge on any atom is -0.743 e. The smallest absolute Gasteiger partial charge is 0.460 e. The molecule has 14 heteroatoms. The Hall–Kier alpha value is -1.67. The van der Waals surface area contributed by atoms with Crippen LogP contribution in [0.2, 0.25) is 0 Å². The lowest BCUT2D eigenvalue weighted by Crippen LogP contribution is -2.63. The second-order valence-electron chi connectivity index (χ2n) is 11.0. The van der Waals surface area contributed by atoms with Gasteiger partial charge in [0.25, 0.3) is 0 Å². The van der Waals surface area contributed by atoms with E-state index in [4.69, 9.17) is 0 Å². The Labute approximate surface area is 235 Å². The molecule has 6 rings (SSSR count). The molecule has 0 aromatic heterocycles. The number of hydrogen-bond donors (Lipinski definition) is 0. The van der Waals surface area contributed by atoms with Crippen molar-refractivity contribution in [3.8, 4) is 0 Å². The molecule has 0 N–H and O–H groups in total. The van der Waals surface area contributed by atoms with Crippen LogP contribution in [0.1, 0.15) is 50.5 Å². The molecule has 0 spiro atoms. The second kappa shape index (κ2) is 11.4. The molecule has 1 heterocycles. The van der Waals surface area contributed by atoms with Gasteiger partial charge in [-0.15, -0.1) is 0 Å². The maximum Gasteiger partial charge on any atom is 0.460 e.